The summed E-state index contributed by atoms with van der Waals surface area (Å²) >= 11 is 1.64. The van der Waals surface area contributed by atoms with E-state index in [0.29, 0.717) is 11.5 Å². The van der Waals surface area contributed by atoms with Crippen molar-refractivity contribution < 1.29 is 13.2 Å². The third-order valence-corrected chi connectivity index (χ3v) is 5.00. The summed E-state index contributed by atoms with van der Waals surface area (Å²) in [6.07, 6.45) is 1.99. The van der Waals surface area contributed by atoms with Crippen LogP contribution in [0.1, 0.15) is 0 Å². The Morgan fingerprint density at radius 2 is 1.81 bits per heavy atom. The first-order valence-electron chi connectivity index (χ1n) is 6.11. The van der Waals surface area contributed by atoms with Crippen LogP contribution in [0, 0.1) is 0 Å². The van der Waals surface area contributed by atoms with Gasteiger partial charge in [-0.2, -0.15) is 0 Å². The van der Waals surface area contributed by atoms with Crippen LogP contribution in [0.3, 0.4) is 0 Å². The topological polar surface area (TPSA) is 81.4 Å². The van der Waals surface area contributed by atoms with Gasteiger partial charge in [0.2, 0.25) is 10.0 Å². The summed E-state index contributed by atoms with van der Waals surface area (Å²) in [5, 5.41) is 0. The largest absolute Gasteiger partial charge is 0.455 e. The fourth-order valence-electron chi connectivity index (χ4n) is 1.68. The molecular formula is C14H16N2O3S2. The van der Waals surface area contributed by atoms with Crippen molar-refractivity contribution in [3.05, 3.63) is 42.5 Å². The van der Waals surface area contributed by atoms with Gasteiger partial charge in [0.1, 0.15) is 11.5 Å². The Morgan fingerprint density at radius 1 is 1.14 bits per heavy atom. The van der Waals surface area contributed by atoms with Gasteiger partial charge in [-0.3, -0.25) is 0 Å². The number of benzene rings is 2. The molecule has 112 valence electrons. The Kier molecular flexibility index (Phi) is 4.76. The molecule has 0 saturated heterocycles. The van der Waals surface area contributed by atoms with Crippen molar-refractivity contribution in [2.75, 3.05) is 19.0 Å². The average Bonchev–Trinajstić information content (AvgIpc) is 2.50. The fraction of sp³-hybridized carbons (Fsp3) is 0.143. The Hall–Kier alpha value is -1.70. The molecule has 2 aromatic carbocycles. The molecule has 0 fully saturated rings. The standard InChI is InChI=1S/C14H16N2O3S2/c1-16-21(17,18)12-7-8-14(13(15)9-12)19-10-3-5-11(20-2)6-4-10/h3-9,16H,15H2,1-2H3. The first kappa shape index (κ1) is 15.7. The van der Waals surface area contributed by atoms with Crippen molar-refractivity contribution in [3.8, 4) is 11.5 Å². The second-order valence-corrected chi connectivity index (χ2v) is 6.95. The molecule has 3 N–H and O–H groups in total. The number of thioether (sulfide) groups is 1. The lowest BCUT2D eigenvalue weighted by Crippen LogP contribution is -2.18. The molecule has 0 bridgehead atoms. The minimum absolute atomic E-state index is 0.104. The van der Waals surface area contributed by atoms with E-state index < -0.39 is 10.0 Å². The van der Waals surface area contributed by atoms with Crippen molar-refractivity contribution in [2.24, 2.45) is 0 Å². The first-order valence-corrected chi connectivity index (χ1v) is 8.82. The van der Waals surface area contributed by atoms with Crippen LogP contribution < -0.4 is 15.2 Å². The molecule has 0 saturated carbocycles. The lowest BCUT2D eigenvalue weighted by atomic mass is 10.3. The van der Waals surface area contributed by atoms with Gasteiger partial charge >= 0.3 is 0 Å². The van der Waals surface area contributed by atoms with Crippen molar-refractivity contribution in [3.63, 3.8) is 0 Å². The molecule has 0 aliphatic heterocycles. The highest BCUT2D eigenvalue weighted by molar-refractivity contribution is 7.98. The second kappa shape index (κ2) is 6.38. The highest BCUT2D eigenvalue weighted by atomic mass is 32.2. The van der Waals surface area contributed by atoms with Crippen molar-refractivity contribution in [1.29, 1.82) is 0 Å². The zero-order valence-electron chi connectivity index (χ0n) is 11.7. The molecule has 2 aromatic rings. The maximum absolute atomic E-state index is 11.7. The molecule has 0 unspecified atom stereocenters. The highest BCUT2D eigenvalue weighted by Gasteiger charge is 2.13. The predicted octanol–water partition coefficient (Wildman–Crippen LogP) is 2.69. The smallest absolute Gasteiger partial charge is 0.240 e. The summed E-state index contributed by atoms with van der Waals surface area (Å²) in [6.45, 7) is 0. The van der Waals surface area contributed by atoms with Crippen LogP contribution in [0.2, 0.25) is 0 Å². The van der Waals surface area contributed by atoms with Crippen LogP contribution in [-0.2, 0) is 10.0 Å². The van der Waals surface area contributed by atoms with Crippen LogP contribution in [0.25, 0.3) is 0 Å². The first-order chi connectivity index (χ1) is 9.96. The molecule has 0 amide bonds. The van der Waals surface area contributed by atoms with E-state index in [9.17, 15) is 8.42 Å². The van der Waals surface area contributed by atoms with Gasteiger partial charge in [0.15, 0.2) is 0 Å². The molecule has 0 aliphatic carbocycles. The van der Waals surface area contributed by atoms with E-state index in [1.165, 1.54) is 19.2 Å². The van der Waals surface area contributed by atoms with Gasteiger partial charge in [-0.25, -0.2) is 13.1 Å². The van der Waals surface area contributed by atoms with E-state index in [0.717, 1.165) is 4.90 Å². The molecule has 0 radical (unpaired) electrons. The maximum atomic E-state index is 11.7. The number of ether oxygens (including phenoxy) is 1. The molecule has 0 spiro atoms. The van der Waals surface area contributed by atoms with E-state index in [2.05, 4.69) is 4.72 Å². The molecule has 0 aliphatic rings. The summed E-state index contributed by atoms with van der Waals surface area (Å²) in [5.41, 5.74) is 6.12. The van der Waals surface area contributed by atoms with E-state index in [-0.39, 0.29) is 10.6 Å². The number of nitrogens with two attached hydrogens (primary N) is 1. The SMILES string of the molecule is CNS(=O)(=O)c1ccc(Oc2ccc(SC)cc2)c(N)c1. The van der Waals surface area contributed by atoms with Crippen LogP contribution in [0.4, 0.5) is 5.69 Å². The lowest BCUT2D eigenvalue weighted by Gasteiger charge is -2.10. The molecule has 0 atom stereocenters. The van der Waals surface area contributed by atoms with Gasteiger partial charge in [-0.1, -0.05) is 0 Å². The number of hydrogen-bond acceptors (Lipinski definition) is 5. The number of nitrogen functional groups attached to an aromatic ring is 1. The molecular weight excluding hydrogens is 308 g/mol. The molecule has 7 heteroatoms. The minimum Gasteiger partial charge on any atom is -0.455 e. The number of nitrogens with one attached hydrogen (secondary N) is 1. The van der Waals surface area contributed by atoms with Gasteiger partial charge in [0, 0.05) is 4.90 Å². The van der Waals surface area contributed by atoms with Crippen LogP contribution in [0.5, 0.6) is 11.5 Å². The normalized spacial score (nSPS) is 11.3. The molecule has 0 heterocycles. The van der Waals surface area contributed by atoms with Crippen LogP contribution >= 0.6 is 11.8 Å². The van der Waals surface area contributed by atoms with Crippen molar-refractivity contribution >= 4 is 27.5 Å². The Bertz CT molecular complexity index is 728. The lowest BCUT2D eigenvalue weighted by molar-refractivity contribution is 0.484. The van der Waals surface area contributed by atoms with Crippen molar-refractivity contribution in [1.82, 2.24) is 4.72 Å². The number of rotatable bonds is 5. The summed E-state index contributed by atoms with van der Waals surface area (Å²) in [7, 11) is -2.16. The molecule has 0 aromatic heterocycles. The molecule has 2 rings (SSSR count). The van der Waals surface area contributed by atoms with Gasteiger partial charge < -0.3 is 10.5 Å². The van der Waals surface area contributed by atoms with Gasteiger partial charge in [-0.15, -0.1) is 11.8 Å². The number of sulfonamides is 1. The van der Waals surface area contributed by atoms with Crippen LogP contribution in [-0.4, -0.2) is 21.7 Å². The van der Waals surface area contributed by atoms with E-state index >= 15 is 0 Å². The molecule has 5 nitrogen and oxygen atoms in total. The predicted molar refractivity (Wildman–Crippen MR) is 85.4 cm³/mol. The zero-order valence-corrected chi connectivity index (χ0v) is 13.3. The Labute approximate surface area is 128 Å². The van der Waals surface area contributed by atoms with Crippen LogP contribution in [0.15, 0.2) is 52.3 Å². The zero-order chi connectivity index (χ0) is 15.5. The fourth-order valence-corrected chi connectivity index (χ4v) is 2.85. The third kappa shape index (κ3) is 3.69. The van der Waals surface area contributed by atoms with Gasteiger partial charge in [0.25, 0.3) is 0 Å². The Balaban J connectivity index is 2.25. The van der Waals surface area contributed by atoms with Gasteiger partial charge in [0.05, 0.1) is 10.6 Å². The average molecular weight is 324 g/mol. The molecule has 21 heavy (non-hydrogen) atoms. The number of hydrogen-bond donors (Lipinski definition) is 2. The summed E-state index contributed by atoms with van der Waals surface area (Å²) in [5.74, 6) is 1.06. The van der Waals surface area contributed by atoms with E-state index in [4.69, 9.17) is 10.5 Å². The second-order valence-electron chi connectivity index (χ2n) is 4.18. The quantitative estimate of drug-likeness (QED) is 0.653. The Morgan fingerprint density at radius 3 is 2.33 bits per heavy atom. The summed E-state index contributed by atoms with van der Waals surface area (Å²) < 4.78 is 31.3. The van der Waals surface area contributed by atoms with E-state index in [1.807, 2.05) is 30.5 Å². The monoisotopic (exact) mass is 324 g/mol. The van der Waals surface area contributed by atoms with Gasteiger partial charge in [-0.05, 0) is 55.8 Å². The van der Waals surface area contributed by atoms with E-state index in [1.54, 1.807) is 17.8 Å². The van der Waals surface area contributed by atoms with Crippen molar-refractivity contribution in [2.45, 2.75) is 9.79 Å². The third-order valence-electron chi connectivity index (χ3n) is 2.85. The number of anilines is 1. The maximum Gasteiger partial charge on any atom is 0.240 e. The summed E-state index contributed by atoms with van der Waals surface area (Å²) in [6, 6.07) is 11.9. The minimum atomic E-state index is -3.51. The highest BCUT2D eigenvalue weighted by Crippen LogP contribution is 2.30. The summed E-state index contributed by atoms with van der Waals surface area (Å²) in [4.78, 5) is 1.23.